The van der Waals surface area contributed by atoms with Crippen LogP contribution in [0.4, 0.5) is 0 Å². The molecular formula is C21H17Cl2NO2. The van der Waals surface area contributed by atoms with E-state index in [1.807, 2.05) is 24.3 Å². The number of benzene rings is 2. The van der Waals surface area contributed by atoms with Crippen molar-refractivity contribution in [1.82, 2.24) is 4.98 Å². The Labute approximate surface area is 162 Å². The van der Waals surface area contributed by atoms with Crippen LogP contribution < -0.4 is 4.74 Å². The van der Waals surface area contributed by atoms with Crippen molar-refractivity contribution in [2.75, 3.05) is 6.61 Å². The number of rotatable bonds is 6. The molecule has 0 radical (unpaired) electrons. The molecule has 132 valence electrons. The summed E-state index contributed by atoms with van der Waals surface area (Å²) in [6.07, 6.45) is 6.81. The SMILES string of the molecule is OC(C=Cc1ccc(Cl)cc1)(COc1ccc(Cl)cc1)c1cccnc1. The Kier molecular flexibility index (Phi) is 5.94. The van der Waals surface area contributed by atoms with E-state index in [1.54, 1.807) is 60.9 Å². The van der Waals surface area contributed by atoms with E-state index < -0.39 is 5.60 Å². The monoisotopic (exact) mass is 385 g/mol. The van der Waals surface area contributed by atoms with Crippen LogP contribution in [-0.4, -0.2) is 16.7 Å². The topological polar surface area (TPSA) is 42.4 Å². The molecule has 0 bridgehead atoms. The third kappa shape index (κ3) is 4.85. The quantitative estimate of drug-likeness (QED) is 0.620. The van der Waals surface area contributed by atoms with Gasteiger partial charge in [-0.3, -0.25) is 4.98 Å². The highest BCUT2D eigenvalue weighted by Gasteiger charge is 2.27. The normalized spacial score (nSPS) is 13.5. The first kappa shape index (κ1) is 18.5. The summed E-state index contributed by atoms with van der Waals surface area (Å²) >= 11 is 11.8. The molecule has 0 spiro atoms. The Morgan fingerprint density at radius 1 is 0.962 bits per heavy atom. The van der Waals surface area contributed by atoms with Crippen LogP contribution in [0.15, 0.2) is 79.1 Å². The predicted molar refractivity (Wildman–Crippen MR) is 106 cm³/mol. The maximum absolute atomic E-state index is 11.2. The molecule has 1 aromatic heterocycles. The van der Waals surface area contributed by atoms with Crippen LogP contribution >= 0.6 is 23.2 Å². The van der Waals surface area contributed by atoms with Crippen molar-refractivity contribution in [1.29, 1.82) is 0 Å². The van der Waals surface area contributed by atoms with Crippen LogP contribution in [0.1, 0.15) is 11.1 Å². The van der Waals surface area contributed by atoms with Crippen LogP contribution in [0.2, 0.25) is 10.0 Å². The molecule has 1 unspecified atom stereocenters. The smallest absolute Gasteiger partial charge is 0.143 e. The summed E-state index contributed by atoms with van der Waals surface area (Å²) in [5, 5.41) is 12.5. The number of hydrogen-bond donors (Lipinski definition) is 1. The van der Waals surface area contributed by atoms with Crippen LogP contribution in [-0.2, 0) is 5.60 Å². The third-order valence-corrected chi connectivity index (χ3v) is 4.36. The molecule has 0 fully saturated rings. The zero-order valence-electron chi connectivity index (χ0n) is 13.8. The highest BCUT2D eigenvalue weighted by Crippen LogP contribution is 2.26. The molecule has 0 saturated heterocycles. The maximum Gasteiger partial charge on any atom is 0.143 e. The number of pyridine rings is 1. The summed E-state index contributed by atoms with van der Waals surface area (Å²) in [5.74, 6) is 0.622. The molecule has 3 rings (SSSR count). The van der Waals surface area contributed by atoms with Crippen LogP contribution in [0, 0.1) is 0 Å². The van der Waals surface area contributed by atoms with Gasteiger partial charge >= 0.3 is 0 Å². The Balaban J connectivity index is 1.84. The molecule has 1 atom stereocenters. The second-order valence-electron chi connectivity index (χ2n) is 5.79. The number of aromatic nitrogens is 1. The Morgan fingerprint density at radius 3 is 2.23 bits per heavy atom. The molecule has 0 aliphatic rings. The van der Waals surface area contributed by atoms with Crippen molar-refractivity contribution in [3.8, 4) is 5.75 Å². The first-order valence-electron chi connectivity index (χ1n) is 8.01. The van der Waals surface area contributed by atoms with Crippen molar-refractivity contribution in [3.05, 3.63) is 100 Å². The molecule has 26 heavy (non-hydrogen) atoms. The van der Waals surface area contributed by atoms with Gasteiger partial charge < -0.3 is 9.84 Å². The zero-order valence-corrected chi connectivity index (χ0v) is 15.4. The van der Waals surface area contributed by atoms with Crippen LogP contribution in [0.3, 0.4) is 0 Å². The van der Waals surface area contributed by atoms with Gasteiger partial charge in [-0.2, -0.15) is 0 Å². The summed E-state index contributed by atoms with van der Waals surface area (Å²) in [6, 6.07) is 17.9. The number of hydrogen-bond acceptors (Lipinski definition) is 3. The van der Waals surface area contributed by atoms with E-state index in [9.17, 15) is 5.11 Å². The molecule has 0 aliphatic carbocycles. The fourth-order valence-electron chi connectivity index (χ4n) is 2.38. The average Bonchev–Trinajstić information content (AvgIpc) is 2.68. The molecule has 5 heteroatoms. The van der Waals surface area contributed by atoms with E-state index >= 15 is 0 Å². The van der Waals surface area contributed by atoms with Gasteiger partial charge in [-0.05, 0) is 54.1 Å². The molecule has 3 aromatic rings. The Bertz CT molecular complexity index is 865. The van der Waals surface area contributed by atoms with Crippen molar-refractivity contribution < 1.29 is 9.84 Å². The van der Waals surface area contributed by atoms with Gasteiger partial charge in [-0.25, -0.2) is 0 Å². The maximum atomic E-state index is 11.2. The van der Waals surface area contributed by atoms with E-state index in [4.69, 9.17) is 27.9 Å². The second kappa shape index (κ2) is 8.37. The first-order chi connectivity index (χ1) is 12.5. The highest BCUT2D eigenvalue weighted by atomic mass is 35.5. The number of aliphatic hydroxyl groups is 1. The predicted octanol–water partition coefficient (Wildman–Crippen LogP) is 5.37. The van der Waals surface area contributed by atoms with E-state index in [2.05, 4.69) is 4.98 Å². The molecule has 3 nitrogen and oxygen atoms in total. The summed E-state index contributed by atoms with van der Waals surface area (Å²) < 4.78 is 5.78. The first-order valence-corrected chi connectivity index (χ1v) is 8.77. The van der Waals surface area contributed by atoms with E-state index in [0.29, 0.717) is 21.4 Å². The van der Waals surface area contributed by atoms with Gasteiger partial charge in [-0.1, -0.05) is 47.5 Å². The fourth-order valence-corrected chi connectivity index (χ4v) is 2.63. The minimum absolute atomic E-state index is 0.0322. The largest absolute Gasteiger partial charge is 0.490 e. The number of nitrogens with zero attached hydrogens (tertiary/aromatic N) is 1. The molecule has 1 heterocycles. The molecule has 0 aliphatic heterocycles. The van der Waals surface area contributed by atoms with Crippen molar-refractivity contribution >= 4 is 29.3 Å². The lowest BCUT2D eigenvalue weighted by Crippen LogP contribution is -2.31. The molecular weight excluding hydrogens is 369 g/mol. The summed E-state index contributed by atoms with van der Waals surface area (Å²) in [7, 11) is 0. The lowest BCUT2D eigenvalue weighted by molar-refractivity contribution is 0.0351. The third-order valence-electron chi connectivity index (χ3n) is 3.86. The lowest BCUT2D eigenvalue weighted by atomic mass is 9.95. The molecule has 1 N–H and O–H groups in total. The molecule has 0 saturated carbocycles. The second-order valence-corrected chi connectivity index (χ2v) is 6.67. The van der Waals surface area contributed by atoms with E-state index in [-0.39, 0.29) is 6.61 Å². The average molecular weight is 386 g/mol. The minimum Gasteiger partial charge on any atom is -0.490 e. The Hall–Kier alpha value is -2.33. The molecule has 0 amide bonds. The summed E-state index contributed by atoms with van der Waals surface area (Å²) in [5.41, 5.74) is 0.218. The van der Waals surface area contributed by atoms with Gasteiger partial charge in [0.05, 0.1) is 0 Å². The van der Waals surface area contributed by atoms with E-state index in [0.717, 1.165) is 5.56 Å². The zero-order chi connectivity index (χ0) is 18.4. The van der Waals surface area contributed by atoms with Gasteiger partial charge in [0.15, 0.2) is 0 Å². The van der Waals surface area contributed by atoms with Crippen LogP contribution in [0.25, 0.3) is 6.08 Å². The van der Waals surface area contributed by atoms with Gasteiger partial charge in [0, 0.05) is 28.0 Å². The summed E-state index contributed by atoms with van der Waals surface area (Å²) in [4.78, 5) is 4.10. The van der Waals surface area contributed by atoms with Crippen LogP contribution in [0.5, 0.6) is 5.75 Å². The minimum atomic E-state index is -1.34. The molecule has 2 aromatic carbocycles. The van der Waals surface area contributed by atoms with Gasteiger partial charge in [0.1, 0.15) is 18.0 Å². The summed E-state index contributed by atoms with van der Waals surface area (Å²) in [6.45, 7) is 0.0322. The number of ether oxygens (including phenoxy) is 1. The fraction of sp³-hybridized carbons (Fsp3) is 0.0952. The van der Waals surface area contributed by atoms with Crippen molar-refractivity contribution in [2.24, 2.45) is 0 Å². The lowest BCUT2D eigenvalue weighted by Gasteiger charge is -2.25. The Morgan fingerprint density at radius 2 is 1.62 bits per heavy atom. The van der Waals surface area contributed by atoms with Gasteiger partial charge in [-0.15, -0.1) is 0 Å². The van der Waals surface area contributed by atoms with Crippen molar-refractivity contribution in [2.45, 2.75) is 5.60 Å². The van der Waals surface area contributed by atoms with Crippen molar-refractivity contribution in [3.63, 3.8) is 0 Å². The standard InChI is InChI=1S/C21H17Cl2NO2/c22-18-5-3-16(4-6-18)11-12-21(25,17-2-1-13-24-14-17)15-26-20-9-7-19(23)8-10-20/h1-14,25H,15H2. The number of halogens is 2. The van der Waals surface area contributed by atoms with Gasteiger partial charge in [0.2, 0.25) is 0 Å². The highest BCUT2D eigenvalue weighted by molar-refractivity contribution is 6.30. The van der Waals surface area contributed by atoms with E-state index in [1.165, 1.54) is 0 Å². The van der Waals surface area contributed by atoms with Gasteiger partial charge in [0.25, 0.3) is 0 Å².